The van der Waals surface area contributed by atoms with Crippen molar-refractivity contribution < 1.29 is 9.21 Å². The zero-order valence-electron chi connectivity index (χ0n) is 15.5. The van der Waals surface area contributed by atoms with E-state index in [9.17, 15) is 4.79 Å². The lowest BCUT2D eigenvalue weighted by Gasteiger charge is -2.11. The van der Waals surface area contributed by atoms with Gasteiger partial charge >= 0.3 is 0 Å². The van der Waals surface area contributed by atoms with E-state index in [1.165, 1.54) is 17.3 Å². The average Bonchev–Trinajstić information content (AvgIpc) is 3.06. The molecule has 1 fully saturated rings. The van der Waals surface area contributed by atoms with Crippen molar-refractivity contribution in [1.29, 1.82) is 0 Å². The largest absolute Gasteiger partial charge is 0.436 e. The molecule has 0 saturated carbocycles. The molecule has 5 nitrogen and oxygen atoms in total. The molecule has 0 N–H and O–H groups in total. The van der Waals surface area contributed by atoms with Crippen LogP contribution >= 0.6 is 11.8 Å². The quantitative estimate of drug-likeness (QED) is 0.493. The highest BCUT2D eigenvalue weighted by Crippen LogP contribution is 2.22. The third kappa shape index (κ3) is 3.64. The van der Waals surface area contributed by atoms with Crippen molar-refractivity contribution in [3.63, 3.8) is 0 Å². The summed E-state index contributed by atoms with van der Waals surface area (Å²) in [7, 11) is 0. The average molecular weight is 389 g/mol. The fourth-order valence-electron chi connectivity index (χ4n) is 2.95. The molecule has 1 aliphatic rings. The van der Waals surface area contributed by atoms with Gasteiger partial charge in [-0.3, -0.25) is 9.69 Å². The first-order valence-corrected chi connectivity index (χ1v) is 9.90. The predicted molar refractivity (Wildman–Crippen MR) is 114 cm³/mol. The number of thioether (sulfide) groups is 1. The first kappa shape index (κ1) is 18.3. The molecule has 0 bridgehead atoms. The standard InChI is InChI=1S/C22H19N3O2S/c1-3-12-25-20(26)14-28-22(25)24-23-21-18(16-10-8-15(2)9-11-16)13-17-6-4-5-7-19(17)27-21/h3-11,13H,1,12,14H2,2H3/b23-21+,24-22+. The van der Waals surface area contributed by atoms with E-state index >= 15 is 0 Å². The number of amides is 1. The summed E-state index contributed by atoms with van der Waals surface area (Å²) in [6, 6.07) is 18.0. The van der Waals surface area contributed by atoms with Crippen LogP contribution in [0.2, 0.25) is 0 Å². The lowest BCUT2D eigenvalue weighted by molar-refractivity contribution is -0.123. The molecule has 2 aromatic carbocycles. The molecular formula is C22H19N3O2S. The van der Waals surface area contributed by atoms with Crippen molar-refractivity contribution in [1.82, 2.24) is 4.90 Å². The number of hydrogen-bond acceptors (Lipinski definition) is 5. The molecule has 4 rings (SSSR count). The molecular weight excluding hydrogens is 370 g/mol. The van der Waals surface area contributed by atoms with E-state index < -0.39 is 0 Å². The van der Waals surface area contributed by atoms with Crippen LogP contribution in [0, 0.1) is 6.92 Å². The number of benzene rings is 2. The summed E-state index contributed by atoms with van der Waals surface area (Å²) in [6.07, 6.45) is 1.68. The molecule has 0 unspecified atom stereocenters. The normalized spacial score (nSPS) is 16.3. The Hall–Kier alpha value is -3.12. The first-order valence-electron chi connectivity index (χ1n) is 8.91. The van der Waals surface area contributed by atoms with Crippen LogP contribution in [0.3, 0.4) is 0 Å². The third-order valence-corrected chi connectivity index (χ3v) is 5.36. The second-order valence-corrected chi connectivity index (χ2v) is 7.38. The van der Waals surface area contributed by atoms with Crippen LogP contribution in [-0.4, -0.2) is 28.3 Å². The van der Waals surface area contributed by atoms with Crippen molar-refractivity contribution in [2.24, 2.45) is 10.2 Å². The lowest BCUT2D eigenvalue weighted by atomic mass is 10.0. The number of amidine groups is 1. The zero-order chi connectivity index (χ0) is 19.5. The van der Waals surface area contributed by atoms with E-state index in [0.29, 0.717) is 23.0 Å². The lowest BCUT2D eigenvalue weighted by Crippen LogP contribution is -2.29. The molecule has 28 heavy (non-hydrogen) atoms. The molecule has 0 radical (unpaired) electrons. The van der Waals surface area contributed by atoms with Crippen LogP contribution in [0.25, 0.3) is 22.1 Å². The Morgan fingerprint density at radius 2 is 1.96 bits per heavy atom. The van der Waals surface area contributed by atoms with E-state index in [4.69, 9.17) is 4.42 Å². The summed E-state index contributed by atoms with van der Waals surface area (Å²) >= 11 is 1.37. The Bertz CT molecular complexity index is 1150. The van der Waals surface area contributed by atoms with Gasteiger partial charge in [0.05, 0.1) is 5.75 Å². The predicted octanol–water partition coefficient (Wildman–Crippen LogP) is 4.34. The summed E-state index contributed by atoms with van der Waals surface area (Å²) in [5.74, 6) is 0.370. The van der Waals surface area contributed by atoms with Crippen molar-refractivity contribution in [3.8, 4) is 11.1 Å². The molecule has 1 aromatic heterocycles. The molecule has 0 aliphatic carbocycles. The Morgan fingerprint density at radius 3 is 2.75 bits per heavy atom. The number of carbonyl (C=O) groups excluding carboxylic acids is 1. The van der Waals surface area contributed by atoms with Crippen LogP contribution in [0.4, 0.5) is 0 Å². The van der Waals surface area contributed by atoms with E-state index in [-0.39, 0.29) is 5.91 Å². The first-order chi connectivity index (χ1) is 13.7. The van der Waals surface area contributed by atoms with Gasteiger partial charge in [-0.15, -0.1) is 16.8 Å². The topological polar surface area (TPSA) is 58.2 Å². The van der Waals surface area contributed by atoms with Gasteiger partial charge in [-0.2, -0.15) is 0 Å². The number of carbonyl (C=O) groups is 1. The van der Waals surface area contributed by atoms with Gasteiger partial charge in [-0.25, -0.2) is 0 Å². The number of rotatable bonds is 4. The molecule has 1 amide bonds. The molecule has 1 saturated heterocycles. The third-order valence-electron chi connectivity index (χ3n) is 4.41. The molecule has 6 heteroatoms. The molecule has 3 aromatic rings. The molecule has 140 valence electrons. The Kier molecular flexibility index (Phi) is 5.12. The smallest absolute Gasteiger partial charge is 0.246 e. The number of para-hydroxylation sites is 1. The monoisotopic (exact) mass is 389 g/mol. The molecule has 0 atom stereocenters. The zero-order valence-corrected chi connectivity index (χ0v) is 16.3. The van der Waals surface area contributed by atoms with E-state index in [2.05, 4.69) is 35.0 Å². The second-order valence-electron chi connectivity index (χ2n) is 6.43. The van der Waals surface area contributed by atoms with E-state index in [1.807, 2.05) is 43.3 Å². The highest BCUT2D eigenvalue weighted by molar-refractivity contribution is 8.15. The number of aryl methyl sites for hydroxylation is 1. The Labute approximate surface area is 167 Å². The highest BCUT2D eigenvalue weighted by atomic mass is 32.2. The summed E-state index contributed by atoms with van der Waals surface area (Å²) in [5, 5.41) is 10.2. The van der Waals surface area contributed by atoms with Crippen LogP contribution in [-0.2, 0) is 4.79 Å². The maximum atomic E-state index is 12.0. The highest BCUT2D eigenvalue weighted by Gasteiger charge is 2.27. The summed E-state index contributed by atoms with van der Waals surface area (Å²) in [5.41, 5.74) is 4.18. The van der Waals surface area contributed by atoms with Crippen LogP contribution in [0.1, 0.15) is 5.56 Å². The van der Waals surface area contributed by atoms with Gasteiger partial charge in [0.15, 0.2) is 5.17 Å². The van der Waals surface area contributed by atoms with Gasteiger partial charge in [-0.05, 0) is 24.6 Å². The van der Waals surface area contributed by atoms with Crippen LogP contribution in [0.5, 0.6) is 0 Å². The maximum absolute atomic E-state index is 12.0. The van der Waals surface area contributed by atoms with Gasteiger partial charge in [0, 0.05) is 17.5 Å². The van der Waals surface area contributed by atoms with Gasteiger partial charge in [0.1, 0.15) is 5.58 Å². The van der Waals surface area contributed by atoms with Crippen LogP contribution < -0.4 is 5.55 Å². The second kappa shape index (κ2) is 7.86. The number of hydrogen-bond donors (Lipinski definition) is 0. The Morgan fingerprint density at radius 1 is 1.18 bits per heavy atom. The van der Waals surface area contributed by atoms with E-state index in [0.717, 1.165) is 22.1 Å². The number of fused-ring (bicyclic) bond motifs is 1. The van der Waals surface area contributed by atoms with Gasteiger partial charge < -0.3 is 4.42 Å². The summed E-state index contributed by atoms with van der Waals surface area (Å²) in [4.78, 5) is 13.6. The van der Waals surface area contributed by atoms with Gasteiger partial charge in [0.25, 0.3) is 0 Å². The van der Waals surface area contributed by atoms with Gasteiger partial charge in [0.2, 0.25) is 11.5 Å². The van der Waals surface area contributed by atoms with Crippen LogP contribution in [0.15, 0.2) is 81.9 Å². The van der Waals surface area contributed by atoms with Crippen molar-refractivity contribution in [3.05, 3.63) is 78.4 Å². The molecule has 0 spiro atoms. The Balaban J connectivity index is 1.87. The summed E-state index contributed by atoms with van der Waals surface area (Å²) < 4.78 is 6.05. The van der Waals surface area contributed by atoms with Gasteiger partial charge in [-0.1, -0.05) is 65.9 Å². The molecule has 1 aliphatic heterocycles. The van der Waals surface area contributed by atoms with E-state index in [1.54, 1.807) is 11.0 Å². The number of nitrogens with zero attached hydrogens (tertiary/aromatic N) is 3. The minimum absolute atomic E-state index is 0.00746. The fraction of sp³-hybridized carbons (Fsp3) is 0.136. The minimum atomic E-state index is 0.00746. The van der Waals surface area contributed by atoms with Crippen molar-refractivity contribution >= 4 is 33.8 Å². The summed E-state index contributed by atoms with van der Waals surface area (Å²) in [6.45, 7) is 6.17. The fourth-order valence-corrected chi connectivity index (χ4v) is 3.79. The van der Waals surface area contributed by atoms with Crippen molar-refractivity contribution in [2.45, 2.75) is 6.92 Å². The SMILES string of the molecule is C=CCN1C(=O)CS/C1=N/N=c1/oc2ccccc2cc1-c1ccc(C)cc1. The maximum Gasteiger partial charge on any atom is 0.246 e. The van der Waals surface area contributed by atoms with Crippen molar-refractivity contribution in [2.75, 3.05) is 12.3 Å². The molecule has 2 heterocycles. The minimum Gasteiger partial charge on any atom is -0.436 e.